The Labute approximate surface area is 190 Å². The van der Waals surface area contributed by atoms with Gasteiger partial charge in [0.15, 0.2) is 11.6 Å². The number of ether oxygens (including phenoxy) is 1. The summed E-state index contributed by atoms with van der Waals surface area (Å²) in [6.45, 7) is 5.11. The number of likely N-dealkylation sites (tertiary alicyclic amines) is 1. The van der Waals surface area contributed by atoms with Crippen molar-refractivity contribution < 1.29 is 4.74 Å². The second kappa shape index (κ2) is 13.0. The summed E-state index contributed by atoms with van der Waals surface area (Å²) in [7, 11) is 3.60. The molecule has 0 saturated carbocycles. The normalized spacial score (nSPS) is 16.0. The number of piperidine rings is 1. The summed E-state index contributed by atoms with van der Waals surface area (Å²) in [5.41, 5.74) is 0.900. The van der Waals surface area contributed by atoms with Gasteiger partial charge in [0, 0.05) is 65.6 Å². The van der Waals surface area contributed by atoms with Crippen LogP contribution in [0, 0.1) is 0 Å². The van der Waals surface area contributed by atoms with Crippen molar-refractivity contribution in [3.05, 3.63) is 30.2 Å². The SMILES string of the molecule is CN=C(NCCCc1nnc2ccccn12)NC1CCN(CCCOC)CC1.I. The largest absolute Gasteiger partial charge is 0.385 e. The zero-order chi connectivity index (χ0) is 19.6. The van der Waals surface area contributed by atoms with E-state index in [2.05, 4.69) is 30.7 Å². The van der Waals surface area contributed by atoms with Crippen LogP contribution in [-0.2, 0) is 11.2 Å². The molecule has 0 atom stereocenters. The van der Waals surface area contributed by atoms with Crippen LogP contribution in [0.2, 0.25) is 0 Å². The monoisotopic (exact) mass is 515 g/mol. The number of nitrogens with one attached hydrogen (secondary N) is 2. The molecule has 2 N–H and O–H groups in total. The lowest BCUT2D eigenvalue weighted by atomic mass is 10.1. The van der Waals surface area contributed by atoms with Gasteiger partial charge in [-0.2, -0.15) is 0 Å². The van der Waals surface area contributed by atoms with E-state index >= 15 is 0 Å². The minimum atomic E-state index is 0. The predicted octanol–water partition coefficient (Wildman–Crippen LogP) is 1.95. The van der Waals surface area contributed by atoms with Gasteiger partial charge >= 0.3 is 0 Å². The maximum atomic E-state index is 5.14. The average Bonchev–Trinajstić information content (AvgIpc) is 3.15. The van der Waals surface area contributed by atoms with Gasteiger partial charge in [0.25, 0.3) is 0 Å². The van der Waals surface area contributed by atoms with Gasteiger partial charge in [0.05, 0.1) is 0 Å². The van der Waals surface area contributed by atoms with Gasteiger partial charge in [-0.25, -0.2) is 0 Å². The van der Waals surface area contributed by atoms with Gasteiger partial charge in [-0.3, -0.25) is 9.39 Å². The lowest BCUT2D eigenvalue weighted by Crippen LogP contribution is -2.49. The molecule has 162 valence electrons. The molecular formula is C20H34IN7O. The first kappa shape index (κ1) is 23.8. The van der Waals surface area contributed by atoms with Crippen molar-refractivity contribution in [2.24, 2.45) is 4.99 Å². The number of aromatic nitrogens is 3. The molecule has 2 aromatic heterocycles. The van der Waals surface area contributed by atoms with Crippen LogP contribution in [0.15, 0.2) is 29.4 Å². The summed E-state index contributed by atoms with van der Waals surface area (Å²) >= 11 is 0. The number of halogens is 1. The lowest BCUT2D eigenvalue weighted by molar-refractivity contribution is 0.155. The molecule has 9 heteroatoms. The highest BCUT2D eigenvalue weighted by Crippen LogP contribution is 2.10. The van der Waals surface area contributed by atoms with Crippen LogP contribution in [0.25, 0.3) is 5.65 Å². The fraction of sp³-hybridized carbons (Fsp3) is 0.650. The van der Waals surface area contributed by atoms with Gasteiger partial charge < -0.3 is 20.3 Å². The number of aryl methyl sites for hydroxylation is 1. The number of methoxy groups -OCH3 is 1. The molecule has 2 aromatic rings. The van der Waals surface area contributed by atoms with E-state index in [0.717, 1.165) is 82.3 Å². The van der Waals surface area contributed by atoms with Crippen molar-refractivity contribution in [2.75, 3.05) is 46.9 Å². The quantitative estimate of drug-likeness (QED) is 0.230. The number of hydrogen-bond donors (Lipinski definition) is 2. The van der Waals surface area contributed by atoms with Crippen molar-refractivity contribution in [3.8, 4) is 0 Å². The minimum absolute atomic E-state index is 0. The first-order chi connectivity index (χ1) is 13.8. The Morgan fingerprint density at radius 3 is 2.83 bits per heavy atom. The molecule has 0 aliphatic carbocycles. The molecule has 8 nitrogen and oxygen atoms in total. The third kappa shape index (κ3) is 7.38. The first-order valence-corrected chi connectivity index (χ1v) is 10.3. The Hall–Kier alpha value is -1.46. The summed E-state index contributed by atoms with van der Waals surface area (Å²) in [6.07, 6.45) is 7.29. The molecule has 1 saturated heterocycles. The fourth-order valence-corrected chi connectivity index (χ4v) is 3.64. The molecule has 1 aliphatic heterocycles. The molecular weight excluding hydrogens is 481 g/mol. The highest BCUT2D eigenvalue weighted by atomic mass is 127. The summed E-state index contributed by atoms with van der Waals surface area (Å²) in [5.74, 6) is 1.89. The van der Waals surface area contributed by atoms with Crippen molar-refractivity contribution in [1.82, 2.24) is 30.1 Å². The van der Waals surface area contributed by atoms with Crippen LogP contribution in [0.3, 0.4) is 0 Å². The number of hydrogen-bond acceptors (Lipinski definition) is 5. The lowest BCUT2D eigenvalue weighted by Gasteiger charge is -2.33. The number of aliphatic imine (C=N–C) groups is 1. The van der Waals surface area contributed by atoms with Crippen molar-refractivity contribution in [3.63, 3.8) is 0 Å². The number of rotatable bonds is 9. The number of guanidine groups is 1. The Bertz CT molecular complexity index is 743. The molecule has 29 heavy (non-hydrogen) atoms. The second-order valence-electron chi connectivity index (χ2n) is 7.25. The molecule has 1 fully saturated rings. The minimum Gasteiger partial charge on any atom is -0.385 e. The van der Waals surface area contributed by atoms with E-state index in [1.165, 1.54) is 0 Å². The Kier molecular flexibility index (Phi) is 10.6. The van der Waals surface area contributed by atoms with E-state index in [1.807, 2.05) is 35.8 Å². The van der Waals surface area contributed by atoms with Crippen molar-refractivity contribution in [2.45, 2.75) is 38.1 Å². The molecule has 3 rings (SSSR count). The smallest absolute Gasteiger partial charge is 0.191 e. The number of fused-ring (bicyclic) bond motifs is 1. The molecule has 0 unspecified atom stereocenters. The predicted molar refractivity (Wildman–Crippen MR) is 127 cm³/mol. The van der Waals surface area contributed by atoms with Gasteiger partial charge in [-0.05, 0) is 37.8 Å². The average molecular weight is 515 g/mol. The standard InChI is InChI=1S/C20H33N7O.HI/c1-21-20(23-17-9-14-26(15-10-17)12-6-16-28-2)22-11-5-8-19-25-24-18-7-3-4-13-27(18)19;/h3-4,7,13,17H,5-6,8-12,14-16H2,1-2H3,(H2,21,22,23);1H. The summed E-state index contributed by atoms with van der Waals surface area (Å²) < 4.78 is 7.19. The van der Waals surface area contributed by atoms with Crippen LogP contribution < -0.4 is 10.6 Å². The van der Waals surface area contributed by atoms with Crippen molar-refractivity contribution >= 4 is 35.6 Å². The van der Waals surface area contributed by atoms with Crippen LogP contribution in [0.4, 0.5) is 0 Å². The fourth-order valence-electron chi connectivity index (χ4n) is 3.64. The Balaban J connectivity index is 0.00000300. The molecule has 0 amide bonds. The highest BCUT2D eigenvalue weighted by Gasteiger charge is 2.19. The molecule has 0 bridgehead atoms. The van der Waals surface area contributed by atoms with Gasteiger partial charge in [0.1, 0.15) is 5.82 Å². The third-order valence-electron chi connectivity index (χ3n) is 5.23. The highest BCUT2D eigenvalue weighted by molar-refractivity contribution is 14.0. The van der Waals surface area contributed by atoms with E-state index in [4.69, 9.17) is 4.74 Å². The van der Waals surface area contributed by atoms with Gasteiger partial charge in [-0.1, -0.05) is 6.07 Å². The number of pyridine rings is 1. The second-order valence-corrected chi connectivity index (χ2v) is 7.25. The van der Waals surface area contributed by atoms with Crippen molar-refractivity contribution in [1.29, 1.82) is 0 Å². The van der Waals surface area contributed by atoms with E-state index in [1.54, 1.807) is 7.11 Å². The molecule has 0 spiro atoms. The third-order valence-corrected chi connectivity index (χ3v) is 5.23. The van der Waals surface area contributed by atoms with Gasteiger partial charge in [-0.15, -0.1) is 34.2 Å². The summed E-state index contributed by atoms with van der Waals surface area (Å²) in [5, 5.41) is 15.5. The van der Waals surface area contributed by atoms with E-state index in [0.29, 0.717) is 6.04 Å². The van der Waals surface area contributed by atoms with E-state index < -0.39 is 0 Å². The Morgan fingerprint density at radius 2 is 2.07 bits per heavy atom. The molecule has 0 aromatic carbocycles. The maximum Gasteiger partial charge on any atom is 0.191 e. The maximum absolute atomic E-state index is 5.14. The van der Waals surface area contributed by atoms with Crippen LogP contribution in [-0.4, -0.2) is 78.4 Å². The van der Waals surface area contributed by atoms with Gasteiger partial charge in [0.2, 0.25) is 0 Å². The molecule has 1 aliphatic rings. The van der Waals surface area contributed by atoms with E-state index in [9.17, 15) is 0 Å². The van der Waals surface area contributed by atoms with Crippen LogP contribution in [0.1, 0.15) is 31.5 Å². The summed E-state index contributed by atoms with van der Waals surface area (Å²) in [6, 6.07) is 6.45. The first-order valence-electron chi connectivity index (χ1n) is 10.3. The molecule has 0 radical (unpaired) electrons. The van der Waals surface area contributed by atoms with Crippen LogP contribution in [0.5, 0.6) is 0 Å². The summed E-state index contributed by atoms with van der Waals surface area (Å²) in [4.78, 5) is 6.90. The van der Waals surface area contributed by atoms with E-state index in [-0.39, 0.29) is 24.0 Å². The topological polar surface area (TPSA) is 79.1 Å². The number of nitrogens with zero attached hydrogens (tertiary/aromatic N) is 5. The Morgan fingerprint density at radius 1 is 1.24 bits per heavy atom. The molecule has 3 heterocycles. The zero-order valence-electron chi connectivity index (χ0n) is 17.5. The van der Waals surface area contributed by atoms with Crippen LogP contribution >= 0.6 is 24.0 Å². The zero-order valence-corrected chi connectivity index (χ0v) is 19.8.